The van der Waals surface area contributed by atoms with Crippen molar-refractivity contribution in [1.82, 2.24) is 0 Å². The summed E-state index contributed by atoms with van der Waals surface area (Å²) in [7, 11) is 1.38. The molecule has 0 aliphatic carbocycles. The summed E-state index contributed by atoms with van der Waals surface area (Å²) in [4.78, 5) is 10.7. The van der Waals surface area contributed by atoms with Crippen molar-refractivity contribution < 1.29 is 9.53 Å². The van der Waals surface area contributed by atoms with E-state index >= 15 is 0 Å². The topological polar surface area (TPSA) is 50.1 Å². The second kappa shape index (κ2) is 10.8. The number of carbonyl (C=O) groups excluding carboxylic acids is 1. The number of esters is 1. The van der Waals surface area contributed by atoms with E-state index in [1.54, 1.807) is 0 Å². The van der Waals surface area contributed by atoms with Crippen LogP contribution in [0, 0.1) is 11.3 Å². The quantitative estimate of drug-likeness (QED) is 0.351. The third-order valence-electron chi connectivity index (χ3n) is 2.11. The largest absolute Gasteiger partial charge is 0.466 e. The molecule has 0 amide bonds. The van der Waals surface area contributed by atoms with E-state index in [9.17, 15) is 4.79 Å². The summed E-state index contributed by atoms with van der Waals surface area (Å²) >= 11 is 0. The Balaban J connectivity index is 3.15. The number of nitriles is 1. The molecule has 0 saturated heterocycles. The number of ether oxygens (including phenoxy) is 1. The minimum Gasteiger partial charge on any atom is -0.466 e. The van der Waals surface area contributed by atoms with Crippen LogP contribution >= 0.6 is 0 Å². The molecule has 15 heavy (non-hydrogen) atoms. The normalized spacial score (nSPS) is 10.1. The minimum atomic E-state index is -0.288. The summed E-state index contributed by atoms with van der Waals surface area (Å²) in [5, 5.41) is 8.31. The lowest BCUT2D eigenvalue weighted by Gasteiger charge is -1.96. The molecule has 0 atom stereocenters. The van der Waals surface area contributed by atoms with Gasteiger partial charge in [-0.3, -0.25) is 0 Å². The van der Waals surface area contributed by atoms with Gasteiger partial charge in [0, 0.05) is 12.5 Å². The molecule has 0 rings (SSSR count). The highest BCUT2D eigenvalue weighted by Gasteiger charge is 1.91. The monoisotopic (exact) mass is 209 g/mol. The molecule has 3 heteroatoms. The van der Waals surface area contributed by atoms with Gasteiger partial charge in [0.05, 0.1) is 13.2 Å². The predicted octanol–water partition coefficient (Wildman–Crippen LogP) is 2.97. The zero-order chi connectivity index (χ0) is 11.4. The third-order valence-corrected chi connectivity index (χ3v) is 2.11. The molecule has 0 bridgehead atoms. The number of allylic oxidation sites excluding steroid dienone is 1. The van der Waals surface area contributed by atoms with E-state index in [4.69, 9.17) is 5.26 Å². The number of unbranched alkanes of at least 4 members (excludes halogenated alkanes) is 6. The van der Waals surface area contributed by atoms with Crippen molar-refractivity contribution in [1.29, 1.82) is 5.26 Å². The minimum absolute atomic E-state index is 0.288. The Morgan fingerprint density at radius 3 is 2.60 bits per heavy atom. The molecule has 0 saturated carbocycles. The van der Waals surface area contributed by atoms with E-state index in [1.165, 1.54) is 19.6 Å². The van der Waals surface area contributed by atoms with Crippen molar-refractivity contribution >= 4 is 5.97 Å². The van der Waals surface area contributed by atoms with E-state index in [1.807, 2.05) is 6.08 Å². The average molecular weight is 209 g/mol. The van der Waals surface area contributed by atoms with Crippen LogP contribution in [0.2, 0.25) is 0 Å². The van der Waals surface area contributed by atoms with E-state index in [0.29, 0.717) is 6.42 Å². The maximum Gasteiger partial charge on any atom is 0.330 e. The maximum absolute atomic E-state index is 10.7. The van der Waals surface area contributed by atoms with E-state index in [2.05, 4.69) is 10.8 Å². The number of nitrogens with zero attached hydrogens (tertiary/aromatic N) is 1. The van der Waals surface area contributed by atoms with E-state index in [0.717, 1.165) is 32.1 Å². The highest BCUT2D eigenvalue weighted by Crippen LogP contribution is 2.07. The van der Waals surface area contributed by atoms with Crippen LogP contribution in [-0.4, -0.2) is 13.1 Å². The van der Waals surface area contributed by atoms with Gasteiger partial charge in [-0.15, -0.1) is 0 Å². The summed E-state index contributed by atoms with van der Waals surface area (Å²) in [5.41, 5.74) is 0. The van der Waals surface area contributed by atoms with Gasteiger partial charge in [0.15, 0.2) is 0 Å². The molecular formula is C12H19NO2. The molecule has 0 spiro atoms. The van der Waals surface area contributed by atoms with Crippen LogP contribution in [0.5, 0.6) is 0 Å². The number of carbonyl (C=O) groups is 1. The molecule has 0 aliphatic rings. The first-order chi connectivity index (χ1) is 7.31. The van der Waals surface area contributed by atoms with Crippen molar-refractivity contribution in [3.05, 3.63) is 12.2 Å². The molecule has 0 unspecified atom stereocenters. The zero-order valence-corrected chi connectivity index (χ0v) is 9.37. The van der Waals surface area contributed by atoms with Gasteiger partial charge in [0.2, 0.25) is 0 Å². The predicted molar refractivity (Wildman–Crippen MR) is 59.1 cm³/mol. The molecular weight excluding hydrogens is 190 g/mol. The van der Waals surface area contributed by atoms with Crippen LogP contribution in [0.25, 0.3) is 0 Å². The van der Waals surface area contributed by atoms with Gasteiger partial charge in [0.25, 0.3) is 0 Å². The van der Waals surface area contributed by atoms with E-state index < -0.39 is 0 Å². The number of methoxy groups -OCH3 is 1. The van der Waals surface area contributed by atoms with Crippen molar-refractivity contribution in [3.8, 4) is 6.07 Å². The zero-order valence-electron chi connectivity index (χ0n) is 9.37. The molecule has 0 fully saturated rings. The van der Waals surface area contributed by atoms with Crippen molar-refractivity contribution in [2.75, 3.05) is 7.11 Å². The SMILES string of the molecule is COC(=O)C=CCCCCCCCC#N. The van der Waals surface area contributed by atoms with Crippen LogP contribution in [-0.2, 0) is 9.53 Å². The summed E-state index contributed by atoms with van der Waals surface area (Å²) in [6, 6.07) is 2.14. The molecule has 0 aromatic heterocycles. The van der Waals surface area contributed by atoms with Crippen LogP contribution in [0.3, 0.4) is 0 Å². The van der Waals surface area contributed by atoms with Crippen LogP contribution in [0.4, 0.5) is 0 Å². The Bertz CT molecular complexity index is 228. The van der Waals surface area contributed by atoms with Gasteiger partial charge in [0.1, 0.15) is 0 Å². The van der Waals surface area contributed by atoms with Gasteiger partial charge >= 0.3 is 5.97 Å². The smallest absolute Gasteiger partial charge is 0.330 e. The lowest BCUT2D eigenvalue weighted by Crippen LogP contribution is -1.93. The maximum atomic E-state index is 10.7. The summed E-state index contributed by atoms with van der Waals surface area (Å²) in [6.07, 6.45) is 10.5. The van der Waals surface area contributed by atoms with Gasteiger partial charge in [-0.25, -0.2) is 4.79 Å². The van der Waals surface area contributed by atoms with Crippen LogP contribution < -0.4 is 0 Å². The second-order valence-corrected chi connectivity index (χ2v) is 3.39. The first kappa shape index (κ1) is 13.7. The van der Waals surface area contributed by atoms with Crippen molar-refractivity contribution in [2.45, 2.75) is 44.9 Å². The van der Waals surface area contributed by atoms with Crippen molar-refractivity contribution in [2.24, 2.45) is 0 Å². The summed E-state index contributed by atoms with van der Waals surface area (Å²) in [5.74, 6) is -0.288. The Labute approximate surface area is 91.7 Å². The highest BCUT2D eigenvalue weighted by atomic mass is 16.5. The number of hydrogen-bond acceptors (Lipinski definition) is 3. The Hall–Kier alpha value is -1.30. The fourth-order valence-corrected chi connectivity index (χ4v) is 1.24. The highest BCUT2D eigenvalue weighted by molar-refractivity contribution is 5.81. The summed E-state index contributed by atoms with van der Waals surface area (Å²) < 4.78 is 4.47. The Morgan fingerprint density at radius 2 is 1.93 bits per heavy atom. The average Bonchev–Trinajstić information content (AvgIpc) is 2.26. The second-order valence-electron chi connectivity index (χ2n) is 3.39. The van der Waals surface area contributed by atoms with Gasteiger partial charge in [-0.1, -0.05) is 25.3 Å². The first-order valence-electron chi connectivity index (χ1n) is 5.42. The Morgan fingerprint density at radius 1 is 1.27 bits per heavy atom. The fraction of sp³-hybridized carbons (Fsp3) is 0.667. The summed E-state index contributed by atoms with van der Waals surface area (Å²) in [6.45, 7) is 0. The van der Waals surface area contributed by atoms with Gasteiger partial charge in [-0.05, 0) is 19.3 Å². The van der Waals surface area contributed by atoms with E-state index in [-0.39, 0.29) is 5.97 Å². The van der Waals surface area contributed by atoms with Gasteiger partial charge < -0.3 is 4.74 Å². The molecule has 0 N–H and O–H groups in total. The Kier molecular flexibility index (Phi) is 9.84. The molecule has 0 aromatic carbocycles. The molecule has 0 radical (unpaired) electrons. The first-order valence-corrected chi connectivity index (χ1v) is 5.42. The molecule has 84 valence electrons. The number of rotatable bonds is 8. The lowest BCUT2D eigenvalue weighted by atomic mass is 10.1. The van der Waals surface area contributed by atoms with Crippen LogP contribution in [0.1, 0.15) is 44.9 Å². The van der Waals surface area contributed by atoms with Crippen LogP contribution in [0.15, 0.2) is 12.2 Å². The standard InChI is InChI=1S/C12H19NO2/c1-15-12(14)10-8-6-4-2-3-5-7-9-11-13/h8,10H,2-7,9H2,1H3. The third kappa shape index (κ3) is 10.6. The number of hydrogen-bond donors (Lipinski definition) is 0. The molecule has 0 heterocycles. The van der Waals surface area contributed by atoms with Crippen molar-refractivity contribution in [3.63, 3.8) is 0 Å². The fourth-order valence-electron chi connectivity index (χ4n) is 1.24. The molecule has 3 nitrogen and oxygen atoms in total. The lowest BCUT2D eigenvalue weighted by molar-refractivity contribution is -0.134. The molecule has 0 aliphatic heterocycles. The molecule has 0 aromatic rings. The van der Waals surface area contributed by atoms with Gasteiger partial charge in [-0.2, -0.15) is 5.26 Å².